The fourth-order valence-corrected chi connectivity index (χ4v) is 1.86. The second-order valence-electron chi connectivity index (χ2n) is 3.89. The Labute approximate surface area is 113 Å². The summed E-state index contributed by atoms with van der Waals surface area (Å²) >= 11 is 3.29. The van der Waals surface area contributed by atoms with Crippen LogP contribution in [-0.2, 0) is 7.05 Å². The van der Waals surface area contributed by atoms with Crippen LogP contribution in [0, 0.1) is 0 Å². The molecule has 0 N–H and O–H groups in total. The first kappa shape index (κ1) is 12.7. The predicted octanol–water partition coefficient (Wildman–Crippen LogP) is 2.64. The number of aromatic nitrogens is 2. The molecule has 0 spiro atoms. The summed E-state index contributed by atoms with van der Waals surface area (Å²) in [7, 11) is 1.73. The highest BCUT2D eigenvalue weighted by atomic mass is 79.9. The molecule has 92 valence electrons. The first-order valence-electron chi connectivity index (χ1n) is 5.37. The fraction of sp³-hybridized carbons (Fsp3) is 0.154. The molecule has 1 heterocycles. The second-order valence-corrected chi connectivity index (χ2v) is 4.81. The van der Waals surface area contributed by atoms with Crippen LogP contribution in [0.3, 0.4) is 0 Å². The molecule has 0 aliphatic heterocycles. The van der Waals surface area contributed by atoms with E-state index in [9.17, 15) is 9.59 Å². The Balaban J connectivity index is 2.10. The Morgan fingerprint density at radius 1 is 1.22 bits per heavy atom. The van der Waals surface area contributed by atoms with Crippen molar-refractivity contribution in [2.24, 2.45) is 7.05 Å². The van der Waals surface area contributed by atoms with Crippen molar-refractivity contribution >= 4 is 27.5 Å². The zero-order valence-electron chi connectivity index (χ0n) is 9.76. The van der Waals surface area contributed by atoms with Gasteiger partial charge in [-0.2, -0.15) is 0 Å². The van der Waals surface area contributed by atoms with Crippen molar-refractivity contribution in [3.63, 3.8) is 0 Å². The Hall–Kier alpha value is -1.75. The van der Waals surface area contributed by atoms with Gasteiger partial charge in [0.1, 0.15) is 0 Å². The van der Waals surface area contributed by atoms with Crippen molar-refractivity contribution in [1.82, 2.24) is 9.55 Å². The Morgan fingerprint density at radius 2 is 1.89 bits per heavy atom. The summed E-state index contributed by atoms with van der Waals surface area (Å²) in [5, 5.41) is 0. The summed E-state index contributed by atoms with van der Waals surface area (Å²) in [4.78, 5) is 27.7. The largest absolute Gasteiger partial charge is 0.332 e. The van der Waals surface area contributed by atoms with Crippen LogP contribution in [0.1, 0.15) is 27.4 Å². The molecule has 0 saturated carbocycles. The topological polar surface area (TPSA) is 52.0 Å². The van der Waals surface area contributed by atoms with Crippen molar-refractivity contribution in [1.29, 1.82) is 0 Å². The maximum atomic E-state index is 11.9. The minimum Gasteiger partial charge on any atom is -0.332 e. The van der Waals surface area contributed by atoms with Crippen LogP contribution in [0.4, 0.5) is 0 Å². The molecule has 1 aromatic heterocycles. The van der Waals surface area contributed by atoms with E-state index in [1.807, 2.05) is 0 Å². The third-order valence-corrected chi connectivity index (χ3v) is 3.09. The molecule has 0 aliphatic rings. The molecule has 1 aromatic carbocycles. The lowest BCUT2D eigenvalue weighted by Gasteiger charge is -2.01. The number of benzene rings is 1. The Bertz CT molecular complexity index is 587. The number of nitrogens with zero attached hydrogens (tertiary/aromatic N) is 2. The lowest BCUT2D eigenvalue weighted by atomic mass is 10.1. The SMILES string of the molecule is Cn1ccnc1C(=O)CC(=O)c1ccc(Br)cc1. The molecule has 0 unspecified atom stereocenters. The monoisotopic (exact) mass is 306 g/mol. The molecular weight excluding hydrogens is 296 g/mol. The smallest absolute Gasteiger partial charge is 0.205 e. The average molecular weight is 307 g/mol. The lowest BCUT2D eigenvalue weighted by molar-refractivity contribution is 0.0886. The number of imidazole rings is 1. The van der Waals surface area contributed by atoms with Crippen LogP contribution in [0.25, 0.3) is 0 Å². The maximum Gasteiger partial charge on any atom is 0.205 e. The third-order valence-electron chi connectivity index (χ3n) is 2.56. The van der Waals surface area contributed by atoms with Crippen molar-refractivity contribution in [2.45, 2.75) is 6.42 Å². The van der Waals surface area contributed by atoms with Gasteiger partial charge in [0.25, 0.3) is 0 Å². The molecule has 0 fully saturated rings. The van der Waals surface area contributed by atoms with Crippen LogP contribution in [0.5, 0.6) is 0 Å². The van der Waals surface area contributed by atoms with Gasteiger partial charge in [0.15, 0.2) is 11.6 Å². The molecule has 0 aliphatic carbocycles. The van der Waals surface area contributed by atoms with E-state index in [1.165, 1.54) is 6.20 Å². The number of carbonyl (C=O) groups excluding carboxylic acids is 2. The molecule has 4 nitrogen and oxygen atoms in total. The van der Waals surface area contributed by atoms with E-state index in [4.69, 9.17) is 0 Å². The van der Waals surface area contributed by atoms with Gasteiger partial charge in [-0.25, -0.2) is 4.98 Å². The Kier molecular flexibility index (Phi) is 3.72. The van der Waals surface area contributed by atoms with E-state index < -0.39 is 0 Å². The fourth-order valence-electron chi connectivity index (χ4n) is 1.60. The molecule has 0 amide bonds. The predicted molar refractivity (Wildman–Crippen MR) is 70.6 cm³/mol. The number of hydrogen-bond donors (Lipinski definition) is 0. The summed E-state index contributed by atoms with van der Waals surface area (Å²) < 4.78 is 2.51. The normalized spacial score (nSPS) is 10.3. The maximum absolute atomic E-state index is 11.9. The molecule has 2 rings (SSSR count). The zero-order chi connectivity index (χ0) is 13.1. The molecule has 0 bridgehead atoms. The summed E-state index contributed by atoms with van der Waals surface area (Å²) in [5.74, 6) is -0.161. The van der Waals surface area contributed by atoms with E-state index in [-0.39, 0.29) is 18.0 Å². The van der Waals surface area contributed by atoms with E-state index in [1.54, 1.807) is 42.1 Å². The van der Waals surface area contributed by atoms with Crippen LogP contribution in [0.2, 0.25) is 0 Å². The first-order valence-corrected chi connectivity index (χ1v) is 6.16. The first-order chi connectivity index (χ1) is 8.58. The number of hydrogen-bond acceptors (Lipinski definition) is 3. The Morgan fingerprint density at radius 3 is 2.44 bits per heavy atom. The van der Waals surface area contributed by atoms with Crippen LogP contribution < -0.4 is 0 Å². The van der Waals surface area contributed by atoms with Gasteiger partial charge in [-0.1, -0.05) is 28.1 Å². The molecule has 0 radical (unpaired) electrons. The molecule has 0 atom stereocenters. The highest BCUT2D eigenvalue weighted by Gasteiger charge is 2.16. The lowest BCUT2D eigenvalue weighted by Crippen LogP contribution is -2.12. The van der Waals surface area contributed by atoms with Crippen LogP contribution in [-0.4, -0.2) is 21.1 Å². The summed E-state index contributed by atoms with van der Waals surface area (Å²) in [6.45, 7) is 0. The number of ketones is 2. The number of carbonyl (C=O) groups is 2. The molecule has 2 aromatic rings. The van der Waals surface area contributed by atoms with Crippen molar-refractivity contribution in [3.05, 3.63) is 52.5 Å². The number of rotatable bonds is 4. The quantitative estimate of drug-likeness (QED) is 0.644. The minimum atomic E-state index is -0.268. The number of halogens is 1. The van der Waals surface area contributed by atoms with Gasteiger partial charge in [0.2, 0.25) is 5.78 Å². The zero-order valence-corrected chi connectivity index (χ0v) is 11.3. The van der Waals surface area contributed by atoms with E-state index in [0.29, 0.717) is 11.4 Å². The average Bonchev–Trinajstić information content (AvgIpc) is 2.76. The van der Waals surface area contributed by atoms with Gasteiger partial charge >= 0.3 is 0 Å². The summed E-state index contributed by atoms with van der Waals surface area (Å²) in [5.41, 5.74) is 0.528. The van der Waals surface area contributed by atoms with Crippen LogP contribution in [0.15, 0.2) is 41.1 Å². The van der Waals surface area contributed by atoms with Gasteiger partial charge < -0.3 is 4.57 Å². The van der Waals surface area contributed by atoms with Crippen molar-refractivity contribution in [3.8, 4) is 0 Å². The van der Waals surface area contributed by atoms with Gasteiger partial charge in [-0.15, -0.1) is 0 Å². The van der Waals surface area contributed by atoms with Gasteiger partial charge in [0, 0.05) is 29.5 Å². The highest BCUT2D eigenvalue weighted by molar-refractivity contribution is 9.10. The molecule has 18 heavy (non-hydrogen) atoms. The number of Topliss-reactive ketones (excluding diaryl/α,β-unsaturated/α-hetero) is 2. The van der Waals surface area contributed by atoms with Gasteiger partial charge in [0.05, 0.1) is 6.42 Å². The summed E-state index contributed by atoms with van der Waals surface area (Å²) in [6, 6.07) is 6.94. The summed E-state index contributed by atoms with van der Waals surface area (Å²) in [6.07, 6.45) is 3.06. The highest BCUT2D eigenvalue weighted by Crippen LogP contribution is 2.13. The van der Waals surface area contributed by atoms with Gasteiger partial charge in [-0.05, 0) is 12.1 Å². The van der Waals surface area contributed by atoms with Crippen molar-refractivity contribution in [2.75, 3.05) is 0 Å². The minimum absolute atomic E-state index is 0.160. The van der Waals surface area contributed by atoms with E-state index in [2.05, 4.69) is 20.9 Å². The molecule has 0 saturated heterocycles. The van der Waals surface area contributed by atoms with E-state index in [0.717, 1.165) is 4.47 Å². The van der Waals surface area contributed by atoms with Crippen LogP contribution >= 0.6 is 15.9 Å². The van der Waals surface area contributed by atoms with E-state index >= 15 is 0 Å². The van der Waals surface area contributed by atoms with Gasteiger partial charge in [-0.3, -0.25) is 9.59 Å². The van der Waals surface area contributed by atoms with Crippen molar-refractivity contribution < 1.29 is 9.59 Å². The third kappa shape index (κ3) is 2.73. The standard InChI is InChI=1S/C13H11BrN2O2/c1-16-7-6-15-13(16)12(18)8-11(17)9-2-4-10(14)5-3-9/h2-7H,8H2,1H3. The molecule has 5 heteroatoms. The number of aryl methyl sites for hydroxylation is 1. The second kappa shape index (κ2) is 5.27. The molecular formula is C13H11BrN2O2.